The van der Waals surface area contributed by atoms with Gasteiger partial charge in [-0.2, -0.15) is 0 Å². The van der Waals surface area contributed by atoms with E-state index in [1.165, 1.54) is 24.2 Å². The number of fused-ring (bicyclic) bond motifs is 2. The molecule has 0 saturated carbocycles. The molecule has 1 amide bonds. The van der Waals surface area contributed by atoms with Crippen molar-refractivity contribution in [1.82, 2.24) is 24.5 Å². The number of amides is 1. The molecule has 0 aliphatic rings. The topological polar surface area (TPSA) is 115 Å². The molecule has 0 aliphatic carbocycles. The van der Waals surface area contributed by atoms with Crippen LogP contribution in [0.15, 0.2) is 77.1 Å². The van der Waals surface area contributed by atoms with Crippen LogP contribution in [-0.4, -0.2) is 43.3 Å². The standard InChI is InChI=1S/C25H22N6O3S/c1-34-18-8-6-17(7-9-18)29-21(32)15-35-25-30-23-22(26-11-12-27-23)24(33)31(25)13-10-16-14-28-20-5-3-2-4-19(16)20/h2-9,11-12,14,28H,10,13,15H2,1H3,(H,29,32). The van der Waals surface area contributed by atoms with E-state index in [-0.39, 0.29) is 28.4 Å². The number of methoxy groups -OCH3 is 1. The van der Waals surface area contributed by atoms with Crippen LogP contribution >= 0.6 is 11.8 Å². The Morgan fingerprint density at radius 1 is 1.11 bits per heavy atom. The first kappa shape index (κ1) is 22.6. The fraction of sp³-hybridized carbons (Fsp3) is 0.160. The van der Waals surface area contributed by atoms with Gasteiger partial charge in [-0.1, -0.05) is 30.0 Å². The van der Waals surface area contributed by atoms with Crippen LogP contribution in [0, 0.1) is 0 Å². The number of nitrogens with one attached hydrogen (secondary N) is 2. The lowest BCUT2D eigenvalue weighted by atomic mass is 10.1. The molecular formula is C25H22N6O3S. The second-order valence-electron chi connectivity index (χ2n) is 7.75. The Balaban J connectivity index is 1.37. The third-order valence-corrected chi connectivity index (χ3v) is 6.52. The summed E-state index contributed by atoms with van der Waals surface area (Å²) in [6, 6.07) is 15.1. The van der Waals surface area contributed by atoms with Crippen LogP contribution in [0.1, 0.15) is 5.56 Å². The number of thioether (sulfide) groups is 1. The molecular weight excluding hydrogens is 464 g/mol. The van der Waals surface area contributed by atoms with Crippen molar-refractivity contribution in [3.05, 3.63) is 83.0 Å². The number of aromatic amines is 1. The number of H-pyrrole nitrogens is 1. The largest absolute Gasteiger partial charge is 0.497 e. The minimum Gasteiger partial charge on any atom is -0.497 e. The number of hydrogen-bond acceptors (Lipinski definition) is 7. The number of aryl methyl sites for hydroxylation is 1. The van der Waals surface area contributed by atoms with E-state index in [1.54, 1.807) is 35.9 Å². The van der Waals surface area contributed by atoms with Crippen molar-refractivity contribution in [2.45, 2.75) is 18.1 Å². The summed E-state index contributed by atoms with van der Waals surface area (Å²) in [5.74, 6) is 0.576. The molecule has 0 spiro atoms. The molecule has 176 valence electrons. The Hall–Kier alpha value is -4.18. The summed E-state index contributed by atoms with van der Waals surface area (Å²) in [4.78, 5) is 42.0. The summed E-state index contributed by atoms with van der Waals surface area (Å²) in [7, 11) is 1.59. The maximum absolute atomic E-state index is 13.3. The monoisotopic (exact) mass is 486 g/mol. The molecule has 0 saturated heterocycles. The van der Waals surface area contributed by atoms with E-state index in [2.05, 4.69) is 25.3 Å². The fourth-order valence-electron chi connectivity index (χ4n) is 3.81. The number of carbonyl (C=O) groups excluding carboxylic acids is 1. The third-order valence-electron chi connectivity index (χ3n) is 5.54. The van der Waals surface area contributed by atoms with E-state index < -0.39 is 0 Å². The van der Waals surface area contributed by atoms with Gasteiger partial charge in [0.15, 0.2) is 16.3 Å². The lowest BCUT2D eigenvalue weighted by Gasteiger charge is -2.12. The molecule has 35 heavy (non-hydrogen) atoms. The molecule has 0 bridgehead atoms. The minimum atomic E-state index is -0.277. The van der Waals surface area contributed by atoms with Gasteiger partial charge in [0.25, 0.3) is 5.56 Å². The Morgan fingerprint density at radius 3 is 2.74 bits per heavy atom. The van der Waals surface area contributed by atoms with Gasteiger partial charge in [-0.25, -0.2) is 15.0 Å². The van der Waals surface area contributed by atoms with Crippen LogP contribution < -0.4 is 15.6 Å². The van der Waals surface area contributed by atoms with Crippen molar-refractivity contribution in [3.63, 3.8) is 0 Å². The molecule has 3 heterocycles. The van der Waals surface area contributed by atoms with E-state index in [1.807, 2.05) is 30.5 Å². The summed E-state index contributed by atoms with van der Waals surface area (Å²) < 4.78 is 6.72. The molecule has 5 aromatic rings. The van der Waals surface area contributed by atoms with Gasteiger partial charge >= 0.3 is 0 Å². The molecule has 3 aromatic heterocycles. The molecule has 0 fully saturated rings. The SMILES string of the molecule is COc1ccc(NC(=O)CSc2nc3nccnc3c(=O)n2CCc2c[nH]c3ccccc23)cc1. The maximum atomic E-state index is 13.3. The highest BCUT2D eigenvalue weighted by Gasteiger charge is 2.16. The van der Waals surface area contributed by atoms with Crippen LogP contribution in [-0.2, 0) is 17.8 Å². The molecule has 9 nitrogen and oxygen atoms in total. The lowest BCUT2D eigenvalue weighted by molar-refractivity contribution is -0.113. The quantitative estimate of drug-likeness (QED) is 0.254. The predicted octanol–water partition coefficient (Wildman–Crippen LogP) is 3.65. The van der Waals surface area contributed by atoms with Crippen molar-refractivity contribution in [2.75, 3.05) is 18.2 Å². The Bertz CT molecular complexity index is 1560. The zero-order chi connectivity index (χ0) is 24.2. The number of para-hydroxylation sites is 1. The van der Waals surface area contributed by atoms with Gasteiger partial charge in [0, 0.05) is 41.7 Å². The highest BCUT2D eigenvalue weighted by molar-refractivity contribution is 7.99. The van der Waals surface area contributed by atoms with Gasteiger partial charge < -0.3 is 15.0 Å². The van der Waals surface area contributed by atoms with Crippen LogP contribution in [0.4, 0.5) is 5.69 Å². The van der Waals surface area contributed by atoms with Gasteiger partial charge in [0.2, 0.25) is 5.91 Å². The maximum Gasteiger partial charge on any atom is 0.282 e. The molecule has 10 heteroatoms. The number of aromatic nitrogens is 5. The van der Waals surface area contributed by atoms with Crippen LogP contribution in [0.5, 0.6) is 5.75 Å². The predicted molar refractivity (Wildman–Crippen MR) is 136 cm³/mol. The van der Waals surface area contributed by atoms with Crippen molar-refractivity contribution < 1.29 is 9.53 Å². The van der Waals surface area contributed by atoms with Crippen molar-refractivity contribution in [3.8, 4) is 5.75 Å². The number of rotatable bonds is 8. The highest BCUT2D eigenvalue weighted by Crippen LogP contribution is 2.21. The van der Waals surface area contributed by atoms with E-state index in [4.69, 9.17) is 4.74 Å². The molecule has 5 rings (SSSR count). The number of carbonyl (C=O) groups is 1. The normalized spacial score (nSPS) is 11.1. The van der Waals surface area contributed by atoms with Crippen LogP contribution in [0.2, 0.25) is 0 Å². The fourth-order valence-corrected chi connectivity index (χ4v) is 4.62. The van der Waals surface area contributed by atoms with Crippen molar-refractivity contribution in [2.24, 2.45) is 0 Å². The summed E-state index contributed by atoms with van der Waals surface area (Å²) in [5.41, 5.74) is 2.99. The smallest absolute Gasteiger partial charge is 0.282 e. The van der Waals surface area contributed by atoms with Gasteiger partial charge in [0.1, 0.15) is 5.75 Å². The summed E-state index contributed by atoms with van der Waals surface area (Å²) >= 11 is 1.19. The average Bonchev–Trinajstić information content (AvgIpc) is 3.30. The second-order valence-corrected chi connectivity index (χ2v) is 8.70. The number of hydrogen-bond donors (Lipinski definition) is 2. The molecule has 0 atom stereocenters. The molecule has 0 radical (unpaired) electrons. The number of ether oxygens (including phenoxy) is 1. The van der Waals surface area contributed by atoms with E-state index in [9.17, 15) is 9.59 Å². The van der Waals surface area contributed by atoms with Gasteiger partial charge in [-0.3, -0.25) is 14.2 Å². The first-order chi connectivity index (χ1) is 17.1. The number of benzene rings is 2. The summed E-state index contributed by atoms with van der Waals surface area (Å²) in [5, 5.41) is 4.38. The van der Waals surface area contributed by atoms with Crippen LogP contribution in [0.25, 0.3) is 22.1 Å². The Morgan fingerprint density at radius 2 is 1.91 bits per heavy atom. The molecule has 2 N–H and O–H groups in total. The van der Waals surface area contributed by atoms with Gasteiger partial charge in [-0.05, 0) is 42.3 Å². The summed E-state index contributed by atoms with van der Waals surface area (Å²) in [6.07, 6.45) is 5.54. The van der Waals surface area contributed by atoms with Crippen molar-refractivity contribution >= 4 is 45.4 Å². The van der Waals surface area contributed by atoms with E-state index >= 15 is 0 Å². The Kier molecular flexibility index (Phi) is 6.44. The number of nitrogens with zero attached hydrogens (tertiary/aromatic N) is 4. The zero-order valence-corrected chi connectivity index (χ0v) is 19.7. The molecule has 0 unspecified atom stereocenters. The molecule has 2 aromatic carbocycles. The number of anilines is 1. The summed E-state index contributed by atoms with van der Waals surface area (Å²) in [6.45, 7) is 0.391. The first-order valence-corrected chi connectivity index (χ1v) is 11.9. The van der Waals surface area contributed by atoms with Crippen molar-refractivity contribution in [1.29, 1.82) is 0 Å². The highest BCUT2D eigenvalue weighted by atomic mass is 32.2. The van der Waals surface area contributed by atoms with Crippen LogP contribution in [0.3, 0.4) is 0 Å². The zero-order valence-electron chi connectivity index (χ0n) is 18.9. The lowest BCUT2D eigenvalue weighted by Crippen LogP contribution is -2.26. The second kappa shape index (κ2) is 9.98. The first-order valence-electron chi connectivity index (χ1n) is 11.0. The molecule has 0 aliphatic heterocycles. The minimum absolute atomic E-state index is 0.0807. The third kappa shape index (κ3) is 4.87. The average molecular weight is 487 g/mol. The van der Waals surface area contributed by atoms with Gasteiger partial charge in [-0.15, -0.1) is 0 Å². The van der Waals surface area contributed by atoms with E-state index in [0.29, 0.717) is 29.6 Å². The van der Waals surface area contributed by atoms with E-state index in [0.717, 1.165) is 16.5 Å². The Labute approximate surface area is 204 Å². The van der Waals surface area contributed by atoms with Gasteiger partial charge in [0.05, 0.1) is 12.9 Å².